The monoisotopic (exact) mass is 210 g/mol. The molecule has 2 aliphatic rings. The van der Waals surface area contributed by atoms with Crippen molar-refractivity contribution in [2.75, 3.05) is 6.61 Å². The SMILES string of the molecule is CC1=CN=C(C2COC(C)(C)O2)C(C)N1. The normalized spacial score (nSPS) is 34.4. The highest BCUT2D eigenvalue weighted by Crippen LogP contribution is 2.24. The van der Waals surface area contributed by atoms with Crippen molar-refractivity contribution in [3.05, 3.63) is 11.9 Å². The highest BCUT2D eigenvalue weighted by Gasteiger charge is 2.37. The van der Waals surface area contributed by atoms with E-state index < -0.39 is 5.79 Å². The Hall–Kier alpha value is -0.870. The minimum atomic E-state index is -0.483. The van der Waals surface area contributed by atoms with Crippen LogP contribution in [-0.4, -0.2) is 30.3 Å². The van der Waals surface area contributed by atoms with Crippen LogP contribution in [0.3, 0.4) is 0 Å². The Bertz CT molecular complexity index is 321. The van der Waals surface area contributed by atoms with Gasteiger partial charge in [0.1, 0.15) is 6.10 Å². The molecule has 2 rings (SSSR count). The van der Waals surface area contributed by atoms with Crippen molar-refractivity contribution >= 4 is 5.71 Å². The van der Waals surface area contributed by atoms with Gasteiger partial charge < -0.3 is 14.8 Å². The predicted octanol–water partition coefficient (Wildman–Crippen LogP) is 1.43. The number of allylic oxidation sites excluding steroid dienone is 1. The molecule has 15 heavy (non-hydrogen) atoms. The second-order valence-corrected chi connectivity index (χ2v) is 4.55. The molecule has 4 heteroatoms. The lowest BCUT2D eigenvalue weighted by molar-refractivity contribution is -0.131. The van der Waals surface area contributed by atoms with E-state index in [1.165, 1.54) is 0 Å². The lowest BCUT2D eigenvalue weighted by Crippen LogP contribution is -2.43. The summed E-state index contributed by atoms with van der Waals surface area (Å²) < 4.78 is 11.3. The molecule has 84 valence electrons. The van der Waals surface area contributed by atoms with Crippen LogP contribution in [-0.2, 0) is 9.47 Å². The molecule has 0 aromatic carbocycles. The Labute approximate surface area is 90.4 Å². The first-order chi connectivity index (χ1) is 6.98. The van der Waals surface area contributed by atoms with Crippen molar-refractivity contribution in [2.24, 2.45) is 4.99 Å². The van der Waals surface area contributed by atoms with Gasteiger partial charge in [-0.15, -0.1) is 0 Å². The van der Waals surface area contributed by atoms with Crippen LogP contribution in [0, 0.1) is 0 Å². The highest BCUT2D eigenvalue weighted by atomic mass is 16.7. The van der Waals surface area contributed by atoms with Crippen LogP contribution in [0.25, 0.3) is 0 Å². The lowest BCUT2D eigenvalue weighted by Gasteiger charge is -2.25. The second kappa shape index (κ2) is 3.61. The summed E-state index contributed by atoms with van der Waals surface area (Å²) in [6.45, 7) is 8.53. The van der Waals surface area contributed by atoms with Crippen LogP contribution in [0.4, 0.5) is 0 Å². The zero-order valence-electron chi connectivity index (χ0n) is 9.70. The zero-order valence-corrected chi connectivity index (χ0v) is 9.70. The Balaban J connectivity index is 2.12. The molecule has 0 amide bonds. The molecule has 0 saturated carbocycles. The van der Waals surface area contributed by atoms with Gasteiger partial charge in [-0.1, -0.05) is 0 Å². The van der Waals surface area contributed by atoms with E-state index in [0.717, 1.165) is 11.4 Å². The molecule has 0 aliphatic carbocycles. The van der Waals surface area contributed by atoms with Gasteiger partial charge in [-0.2, -0.15) is 0 Å². The molecule has 0 aromatic heterocycles. The van der Waals surface area contributed by atoms with Gasteiger partial charge >= 0.3 is 0 Å². The smallest absolute Gasteiger partial charge is 0.163 e. The molecular weight excluding hydrogens is 192 g/mol. The summed E-state index contributed by atoms with van der Waals surface area (Å²) in [6, 6.07) is 0.220. The van der Waals surface area contributed by atoms with Crippen LogP contribution < -0.4 is 5.32 Å². The van der Waals surface area contributed by atoms with E-state index >= 15 is 0 Å². The van der Waals surface area contributed by atoms with Crippen LogP contribution in [0.5, 0.6) is 0 Å². The summed E-state index contributed by atoms with van der Waals surface area (Å²) in [5.41, 5.74) is 2.11. The molecule has 2 unspecified atom stereocenters. The Kier molecular flexibility index (Phi) is 2.56. The minimum Gasteiger partial charge on any atom is -0.379 e. The largest absolute Gasteiger partial charge is 0.379 e. The first-order valence-corrected chi connectivity index (χ1v) is 5.30. The summed E-state index contributed by atoms with van der Waals surface area (Å²) in [5, 5.41) is 3.33. The van der Waals surface area contributed by atoms with Crippen LogP contribution >= 0.6 is 0 Å². The maximum Gasteiger partial charge on any atom is 0.163 e. The third-order valence-electron chi connectivity index (χ3n) is 2.63. The molecule has 1 fully saturated rings. The number of aliphatic imine (C=N–C) groups is 1. The average molecular weight is 210 g/mol. The number of nitrogens with one attached hydrogen (secondary N) is 1. The molecule has 1 N–H and O–H groups in total. The van der Waals surface area contributed by atoms with E-state index in [4.69, 9.17) is 9.47 Å². The fourth-order valence-electron chi connectivity index (χ4n) is 1.93. The fourth-order valence-corrected chi connectivity index (χ4v) is 1.93. The topological polar surface area (TPSA) is 42.9 Å². The van der Waals surface area contributed by atoms with Crippen molar-refractivity contribution in [2.45, 2.75) is 45.6 Å². The molecule has 0 bridgehead atoms. The van der Waals surface area contributed by atoms with Gasteiger partial charge in [-0.05, 0) is 27.7 Å². The summed E-state index contributed by atoms with van der Waals surface area (Å²) in [4.78, 5) is 4.43. The maximum atomic E-state index is 5.77. The standard InChI is InChI=1S/C11H18N2O2/c1-7-5-12-10(8(2)13-7)9-6-14-11(3,4)15-9/h5,8-9,13H,6H2,1-4H3. The number of rotatable bonds is 1. The molecule has 0 spiro atoms. The van der Waals surface area contributed by atoms with Crippen LogP contribution in [0.15, 0.2) is 16.9 Å². The molecule has 2 aliphatic heterocycles. The van der Waals surface area contributed by atoms with Crippen molar-refractivity contribution in [3.8, 4) is 0 Å². The quantitative estimate of drug-likeness (QED) is 0.712. The Morgan fingerprint density at radius 1 is 1.53 bits per heavy atom. The second-order valence-electron chi connectivity index (χ2n) is 4.55. The number of hydrogen-bond donors (Lipinski definition) is 1. The van der Waals surface area contributed by atoms with Crippen molar-refractivity contribution < 1.29 is 9.47 Å². The van der Waals surface area contributed by atoms with Crippen LogP contribution in [0.2, 0.25) is 0 Å². The third kappa shape index (κ3) is 2.21. The number of nitrogens with zero attached hydrogens (tertiary/aromatic N) is 1. The first kappa shape index (κ1) is 10.6. The Morgan fingerprint density at radius 2 is 2.27 bits per heavy atom. The predicted molar refractivity (Wildman–Crippen MR) is 58.7 cm³/mol. The van der Waals surface area contributed by atoms with Crippen molar-refractivity contribution in [1.82, 2.24) is 5.32 Å². The van der Waals surface area contributed by atoms with Gasteiger partial charge in [0.05, 0.1) is 18.4 Å². The highest BCUT2D eigenvalue weighted by molar-refractivity contribution is 5.94. The van der Waals surface area contributed by atoms with E-state index in [-0.39, 0.29) is 12.1 Å². The summed E-state index contributed by atoms with van der Waals surface area (Å²) >= 11 is 0. The summed E-state index contributed by atoms with van der Waals surface area (Å²) in [5.74, 6) is -0.483. The molecular formula is C11H18N2O2. The molecule has 2 heterocycles. The molecule has 0 radical (unpaired) electrons. The molecule has 2 atom stereocenters. The molecule has 4 nitrogen and oxygen atoms in total. The van der Waals surface area contributed by atoms with Crippen molar-refractivity contribution in [1.29, 1.82) is 0 Å². The lowest BCUT2D eigenvalue weighted by atomic mass is 10.1. The van der Waals surface area contributed by atoms with E-state index in [1.54, 1.807) is 0 Å². The number of ether oxygens (including phenoxy) is 2. The van der Waals surface area contributed by atoms with Crippen molar-refractivity contribution in [3.63, 3.8) is 0 Å². The van der Waals surface area contributed by atoms with Gasteiger partial charge in [0, 0.05) is 11.9 Å². The summed E-state index contributed by atoms with van der Waals surface area (Å²) in [6.07, 6.45) is 1.82. The third-order valence-corrected chi connectivity index (χ3v) is 2.63. The zero-order chi connectivity index (χ0) is 11.1. The Morgan fingerprint density at radius 3 is 2.80 bits per heavy atom. The van der Waals surface area contributed by atoms with Gasteiger partial charge in [0.2, 0.25) is 0 Å². The fraction of sp³-hybridized carbons (Fsp3) is 0.727. The van der Waals surface area contributed by atoms with Gasteiger partial charge in [0.15, 0.2) is 5.79 Å². The van der Waals surface area contributed by atoms with E-state index in [0.29, 0.717) is 6.61 Å². The summed E-state index contributed by atoms with van der Waals surface area (Å²) in [7, 11) is 0. The molecule has 1 saturated heterocycles. The maximum absolute atomic E-state index is 5.77. The minimum absolute atomic E-state index is 0.0214. The van der Waals surface area contributed by atoms with E-state index in [9.17, 15) is 0 Å². The number of hydrogen-bond acceptors (Lipinski definition) is 4. The average Bonchev–Trinajstić information content (AvgIpc) is 2.46. The van der Waals surface area contributed by atoms with Gasteiger partial charge in [-0.25, -0.2) is 0 Å². The van der Waals surface area contributed by atoms with Gasteiger partial charge in [0.25, 0.3) is 0 Å². The van der Waals surface area contributed by atoms with Gasteiger partial charge in [-0.3, -0.25) is 4.99 Å². The van der Waals surface area contributed by atoms with E-state index in [1.807, 2.05) is 27.0 Å². The molecule has 0 aromatic rings. The van der Waals surface area contributed by atoms with E-state index in [2.05, 4.69) is 17.2 Å². The first-order valence-electron chi connectivity index (χ1n) is 5.30. The van der Waals surface area contributed by atoms with Crippen LogP contribution in [0.1, 0.15) is 27.7 Å².